The van der Waals surface area contributed by atoms with Crippen molar-refractivity contribution in [3.8, 4) is 22.7 Å². The van der Waals surface area contributed by atoms with Crippen LogP contribution in [-0.4, -0.2) is 32.3 Å². The molecule has 0 aliphatic carbocycles. The van der Waals surface area contributed by atoms with E-state index in [1.54, 1.807) is 6.07 Å². The van der Waals surface area contributed by atoms with Gasteiger partial charge in [0.1, 0.15) is 8.07 Å². The minimum atomic E-state index is -3.33. The summed E-state index contributed by atoms with van der Waals surface area (Å²) in [6.07, 6.45) is 5.05. The maximum atomic E-state index is 11.6. The van der Waals surface area contributed by atoms with Gasteiger partial charge in [-0.05, 0) is 38.1 Å². The molecule has 3 rings (SSSR count). The van der Waals surface area contributed by atoms with Gasteiger partial charge in [-0.2, -0.15) is 0 Å². The van der Waals surface area contributed by atoms with Gasteiger partial charge < -0.3 is 4.57 Å². The Bertz CT molecular complexity index is 1210. The van der Waals surface area contributed by atoms with Crippen LogP contribution in [0.3, 0.4) is 0 Å². The molecule has 0 radical (unpaired) electrons. The first-order valence-corrected chi connectivity index (χ1v) is 14.9. The molecule has 0 bridgehead atoms. The highest BCUT2D eigenvalue weighted by Crippen LogP contribution is 2.33. The summed E-state index contributed by atoms with van der Waals surface area (Å²) in [6, 6.07) is 9.82. The summed E-state index contributed by atoms with van der Waals surface area (Å²) in [5.41, 5.74) is 7.69. The van der Waals surface area contributed by atoms with Gasteiger partial charge in [0.2, 0.25) is 10.0 Å². The predicted octanol–water partition coefficient (Wildman–Crippen LogP) is 4.88. The van der Waals surface area contributed by atoms with E-state index in [1.807, 2.05) is 30.5 Å². The van der Waals surface area contributed by atoms with E-state index in [1.165, 1.54) is 0 Å². The number of sulfonamides is 1. The number of aromatic nitrogens is 2. The second kappa shape index (κ2) is 7.69. The second-order valence-corrected chi connectivity index (χ2v) is 15.1. The van der Waals surface area contributed by atoms with E-state index >= 15 is 0 Å². The molecule has 0 saturated heterocycles. The molecule has 0 unspecified atom stereocenters. The number of pyridine rings is 1. The quantitative estimate of drug-likeness (QED) is 0.478. The van der Waals surface area contributed by atoms with E-state index in [2.05, 4.69) is 65.4 Å². The van der Waals surface area contributed by atoms with Crippen LogP contribution < -0.4 is 4.72 Å². The van der Waals surface area contributed by atoms with Gasteiger partial charge in [-0.1, -0.05) is 31.6 Å². The fraction of sp³-hybridized carbons (Fsp3) is 0.318. The second-order valence-electron chi connectivity index (χ2n) is 8.58. The molecule has 1 N–H and O–H groups in total. The smallest absolute Gasteiger partial charge is 0.229 e. The van der Waals surface area contributed by atoms with E-state index in [-0.39, 0.29) is 6.04 Å². The van der Waals surface area contributed by atoms with Gasteiger partial charge >= 0.3 is 0 Å². The summed E-state index contributed by atoms with van der Waals surface area (Å²) in [4.78, 5) is 4.64. The number of nitrogens with one attached hydrogen (secondary N) is 1. The highest BCUT2D eigenvalue weighted by molar-refractivity contribution is 7.92. The molecule has 0 amide bonds. The largest absolute Gasteiger partial charge is 0.344 e. The highest BCUT2D eigenvalue weighted by atomic mass is 32.2. The molecule has 7 heteroatoms. The maximum Gasteiger partial charge on any atom is 0.229 e. The van der Waals surface area contributed by atoms with Crippen LogP contribution in [0.25, 0.3) is 22.2 Å². The zero-order valence-electron chi connectivity index (χ0n) is 17.7. The van der Waals surface area contributed by atoms with Gasteiger partial charge in [0, 0.05) is 34.9 Å². The molecule has 0 aliphatic rings. The Morgan fingerprint density at radius 2 is 1.86 bits per heavy atom. The van der Waals surface area contributed by atoms with Gasteiger partial charge in [0.05, 0.1) is 23.2 Å². The van der Waals surface area contributed by atoms with Crippen molar-refractivity contribution in [3.63, 3.8) is 0 Å². The fourth-order valence-corrected chi connectivity index (χ4v) is 4.12. The Hall–Kier alpha value is -2.56. The summed E-state index contributed by atoms with van der Waals surface area (Å²) < 4.78 is 27.9. The third-order valence-corrected chi connectivity index (χ3v) is 5.80. The summed E-state index contributed by atoms with van der Waals surface area (Å²) in [7, 11) is -4.75. The summed E-state index contributed by atoms with van der Waals surface area (Å²) in [5, 5.41) is 1.03. The molecule has 152 valence electrons. The van der Waals surface area contributed by atoms with E-state index in [9.17, 15) is 8.42 Å². The Labute approximate surface area is 174 Å². The SMILES string of the molecule is CC(C)n1cc(-c2ccc(C#C[Si](C)(C)C)cn2)c2ccc(NS(C)(=O)=O)cc21. The monoisotopic (exact) mass is 425 g/mol. The van der Waals surface area contributed by atoms with Gasteiger partial charge in [-0.25, -0.2) is 8.42 Å². The lowest BCUT2D eigenvalue weighted by molar-refractivity contribution is 0.607. The van der Waals surface area contributed by atoms with Crippen LogP contribution >= 0.6 is 0 Å². The first-order chi connectivity index (χ1) is 13.4. The summed E-state index contributed by atoms with van der Waals surface area (Å²) in [6.45, 7) is 10.9. The van der Waals surface area contributed by atoms with Crippen molar-refractivity contribution in [2.45, 2.75) is 39.5 Å². The lowest BCUT2D eigenvalue weighted by atomic mass is 10.1. The summed E-state index contributed by atoms with van der Waals surface area (Å²) in [5.74, 6) is 3.23. The normalized spacial score (nSPS) is 12.1. The van der Waals surface area contributed by atoms with E-state index in [4.69, 9.17) is 0 Å². The Morgan fingerprint density at radius 3 is 2.41 bits per heavy atom. The van der Waals surface area contributed by atoms with E-state index < -0.39 is 18.1 Å². The van der Waals surface area contributed by atoms with Crippen molar-refractivity contribution in [2.75, 3.05) is 11.0 Å². The summed E-state index contributed by atoms with van der Waals surface area (Å²) >= 11 is 0. The first kappa shape index (κ1) is 21.2. The van der Waals surface area contributed by atoms with Crippen LogP contribution in [-0.2, 0) is 10.0 Å². The molecular formula is C22H27N3O2SSi. The number of benzene rings is 1. The number of hydrogen-bond donors (Lipinski definition) is 1. The third-order valence-electron chi connectivity index (χ3n) is 4.32. The minimum Gasteiger partial charge on any atom is -0.344 e. The topological polar surface area (TPSA) is 64.0 Å². The lowest BCUT2D eigenvalue weighted by Crippen LogP contribution is -2.16. The van der Waals surface area contributed by atoms with Gasteiger partial charge in [-0.15, -0.1) is 5.54 Å². The van der Waals surface area contributed by atoms with Crippen LogP contribution in [0.15, 0.2) is 42.7 Å². The maximum absolute atomic E-state index is 11.6. The number of hydrogen-bond acceptors (Lipinski definition) is 3. The van der Waals surface area contributed by atoms with Crippen LogP contribution in [0.1, 0.15) is 25.5 Å². The van der Waals surface area contributed by atoms with Crippen LogP contribution in [0.4, 0.5) is 5.69 Å². The van der Waals surface area contributed by atoms with Crippen LogP contribution in [0.5, 0.6) is 0 Å². The molecule has 5 nitrogen and oxygen atoms in total. The van der Waals surface area contributed by atoms with Gasteiger partial charge in [-0.3, -0.25) is 9.71 Å². The highest BCUT2D eigenvalue weighted by Gasteiger charge is 2.15. The molecule has 0 atom stereocenters. The zero-order chi connectivity index (χ0) is 21.4. The molecule has 1 aromatic carbocycles. The molecule has 29 heavy (non-hydrogen) atoms. The third kappa shape index (κ3) is 5.28. The fourth-order valence-electron chi connectivity index (χ4n) is 3.05. The Balaban J connectivity index is 2.06. The molecule has 0 saturated carbocycles. The minimum absolute atomic E-state index is 0.224. The van der Waals surface area contributed by atoms with Gasteiger partial charge in [0.15, 0.2) is 0 Å². The molecule has 2 aromatic heterocycles. The molecular weight excluding hydrogens is 398 g/mol. The van der Waals surface area contributed by atoms with Crippen molar-refractivity contribution >= 4 is 34.7 Å². The number of rotatable bonds is 4. The molecule has 0 fully saturated rings. The van der Waals surface area contributed by atoms with Gasteiger partial charge in [0.25, 0.3) is 0 Å². The van der Waals surface area contributed by atoms with Crippen LogP contribution in [0.2, 0.25) is 19.6 Å². The average molecular weight is 426 g/mol. The lowest BCUT2D eigenvalue weighted by Gasteiger charge is -2.10. The molecule has 3 aromatic rings. The average Bonchev–Trinajstić information content (AvgIpc) is 2.97. The zero-order valence-corrected chi connectivity index (χ0v) is 19.6. The molecule has 0 aliphatic heterocycles. The molecule has 0 spiro atoms. The molecule has 2 heterocycles. The van der Waals surface area contributed by atoms with Crippen molar-refractivity contribution in [1.82, 2.24) is 9.55 Å². The first-order valence-electron chi connectivity index (χ1n) is 9.55. The number of nitrogens with zero attached hydrogens (tertiary/aromatic N) is 2. The Kier molecular flexibility index (Phi) is 5.61. The van der Waals surface area contributed by atoms with Crippen molar-refractivity contribution in [1.29, 1.82) is 0 Å². The number of fused-ring (bicyclic) bond motifs is 1. The standard InChI is InChI=1S/C22H27N3O2SSi/c1-16(2)25-15-20(19-9-8-18(13-22(19)25)24-28(3,26)27)21-10-7-17(14-23-21)11-12-29(4,5)6/h7-10,13-16,24H,1-6H3. The van der Waals surface area contributed by atoms with E-state index in [0.29, 0.717) is 5.69 Å². The van der Waals surface area contributed by atoms with Crippen LogP contribution in [0, 0.1) is 11.5 Å². The van der Waals surface area contributed by atoms with Crippen molar-refractivity contribution in [3.05, 3.63) is 48.3 Å². The number of anilines is 1. The predicted molar refractivity (Wildman–Crippen MR) is 124 cm³/mol. The van der Waals surface area contributed by atoms with Crippen molar-refractivity contribution < 1.29 is 8.42 Å². The van der Waals surface area contributed by atoms with E-state index in [0.717, 1.165) is 34.0 Å². The Morgan fingerprint density at radius 1 is 1.14 bits per heavy atom. The van der Waals surface area contributed by atoms with Crippen molar-refractivity contribution in [2.24, 2.45) is 0 Å².